The second kappa shape index (κ2) is 5.61. The third-order valence-electron chi connectivity index (χ3n) is 2.97. The van der Waals surface area contributed by atoms with E-state index < -0.39 is 29.7 Å². The fourth-order valence-corrected chi connectivity index (χ4v) is 2.49. The summed E-state index contributed by atoms with van der Waals surface area (Å²) in [4.78, 5) is 25.2. The lowest BCUT2D eigenvalue weighted by Crippen LogP contribution is -2.33. The third-order valence-corrected chi connectivity index (χ3v) is 3.60. The molecule has 2 rings (SSSR count). The molecule has 7 nitrogen and oxygen atoms in total. The highest BCUT2D eigenvalue weighted by molar-refractivity contribution is 8.03. The van der Waals surface area contributed by atoms with Crippen LogP contribution < -0.4 is 11.2 Å². The van der Waals surface area contributed by atoms with Crippen LogP contribution in [-0.2, 0) is 4.74 Å². The number of thiocyanates is 1. The zero-order valence-electron chi connectivity index (χ0n) is 10.2. The number of aliphatic hydroxyl groups excluding tert-OH is 1. The summed E-state index contributed by atoms with van der Waals surface area (Å²) in [5.74, 6) is 0.339. The highest BCUT2D eigenvalue weighted by Crippen LogP contribution is 2.29. The lowest BCUT2D eigenvalue weighted by atomic mass is 10.2. The molecule has 8 heteroatoms. The van der Waals surface area contributed by atoms with Crippen LogP contribution >= 0.6 is 11.8 Å². The second-order valence-electron chi connectivity index (χ2n) is 4.31. The fourth-order valence-electron chi connectivity index (χ4n) is 1.96. The molecule has 1 saturated heterocycles. The Morgan fingerprint density at radius 1 is 1.68 bits per heavy atom. The molecule has 1 aliphatic heterocycles. The molecular formula is C11H13N3O4S. The molecule has 19 heavy (non-hydrogen) atoms. The number of aromatic amines is 1. The Morgan fingerprint density at radius 3 is 3.11 bits per heavy atom. The average molecular weight is 283 g/mol. The van der Waals surface area contributed by atoms with Crippen LogP contribution in [0.1, 0.15) is 18.2 Å². The Kier molecular flexibility index (Phi) is 4.09. The number of nitrogens with zero attached hydrogens (tertiary/aromatic N) is 2. The van der Waals surface area contributed by atoms with Gasteiger partial charge < -0.3 is 9.84 Å². The van der Waals surface area contributed by atoms with E-state index in [4.69, 9.17) is 10.00 Å². The van der Waals surface area contributed by atoms with Crippen molar-refractivity contribution in [3.05, 3.63) is 32.6 Å². The topological polar surface area (TPSA) is 108 Å². The number of ether oxygens (including phenoxy) is 1. The highest BCUT2D eigenvalue weighted by atomic mass is 32.2. The molecule has 1 aliphatic rings. The van der Waals surface area contributed by atoms with E-state index in [1.54, 1.807) is 6.92 Å². The fraction of sp³-hybridized carbons (Fsp3) is 0.545. The number of hydrogen-bond acceptors (Lipinski definition) is 6. The molecule has 1 aromatic rings. The lowest BCUT2D eigenvalue weighted by Gasteiger charge is -2.15. The van der Waals surface area contributed by atoms with Crippen molar-refractivity contribution in [1.29, 1.82) is 5.26 Å². The van der Waals surface area contributed by atoms with Gasteiger partial charge in [0.1, 0.15) is 11.6 Å². The Bertz CT molecular complexity index is 618. The van der Waals surface area contributed by atoms with Gasteiger partial charge in [0.2, 0.25) is 0 Å². The maximum absolute atomic E-state index is 11.7. The van der Waals surface area contributed by atoms with Crippen molar-refractivity contribution in [2.24, 2.45) is 0 Å². The third kappa shape index (κ3) is 2.89. The monoisotopic (exact) mass is 283 g/mol. The Morgan fingerprint density at radius 2 is 2.42 bits per heavy atom. The van der Waals surface area contributed by atoms with Crippen LogP contribution in [0.4, 0.5) is 0 Å². The van der Waals surface area contributed by atoms with Gasteiger partial charge >= 0.3 is 5.69 Å². The van der Waals surface area contributed by atoms with Gasteiger partial charge in [0.05, 0.1) is 12.2 Å². The minimum Gasteiger partial charge on any atom is -0.390 e. The van der Waals surface area contributed by atoms with Crippen molar-refractivity contribution in [3.63, 3.8) is 0 Å². The number of H-pyrrole nitrogens is 1. The number of hydrogen-bond donors (Lipinski definition) is 2. The van der Waals surface area contributed by atoms with Crippen molar-refractivity contribution in [1.82, 2.24) is 9.55 Å². The number of aryl methyl sites for hydroxylation is 1. The summed E-state index contributed by atoms with van der Waals surface area (Å²) in [5.41, 5.74) is -0.606. The molecular weight excluding hydrogens is 270 g/mol. The summed E-state index contributed by atoms with van der Waals surface area (Å²) >= 11 is 0.992. The summed E-state index contributed by atoms with van der Waals surface area (Å²) < 4.78 is 6.82. The van der Waals surface area contributed by atoms with Gasteiger partial charge in [-0.25, -0.2) is 4.79 Å². The zero-order chi connectivity index (χ0) is 14.0. The SMILES string of the molecule is Cc1cn(C2CC(O)C(CSC#N)O2)c(=O)[nH]c1=O. The second-order valence-corrected chi connectivity index (χ2v) is 5.12. The summed E-state index contributed by atoms with van der Waals surface area (Å²) in [6.45, 7) is 1.59. The van der Waals surface area contributed by atoms with Crippen LogP contribution in [-0.4, -0.2) is 32.6 Å². The van der Waals surface area contributed by atoms with Gasteiger partial charge in [0.15, 0.2) is 0 Å². The Hall–Kier alpha value is -1.56. The molecule has 2 N–H and O–H groups in total. The summed E-state index contributed by atoms with van der Waals surface area (Å²) in [5, 5.41) is 20.2. The van der Waals surface area contributed by atoms with Crippen LogP contribution in [0.5, 0.6) is 0 Å². The van der Waals surface area contributed by atoms with E-state index in [9.17, 15) is 14.7 Å². The van der Waals surface area contributed by atoms with Gasteiger partial charge in [-0.05, 0) is 18.7 Å². The van der Waals surface area contributed by atoms with Gasteiger partial charge in [0.25, 0.3) is 5.56 Å². The predicted molar refractivity (Wildman–Crippen MR) is 68.7 cm³/mol. The molecule has 0 aliphatic carbocycles. The van der Waals surface area contributed by atoms with E-state index >= 15 is 0 Å². The molecule has 0 aromatic carbocycles. The summed E-state index contributed by atoms with van der Waals surface area (Å²) in [7, 11) is 0. The van der Waals surface area contributed by atoms with Crippen molar-refractivity contribution >= 4 is 11.8 Å². The first-order valence-corrected chi connectivity index (χ1v) is 6.68. The van der Waals surface area contributed by atoms with Crippen molar-refractivity contribution in [2.75, 3.05) is 5.75 Å². The van der Waals surface area contributed by atoms with Gasteiger partial charge in [-0.2, -0.15) is 5.26 Å². The number of nitrogens with one attached hydrogen (secondary N) is 1. The van der Waals surface area contributed by atoms with Gasteiger partial charge in [0, 0.05) is 23.9 Å². The number of thioether (sulfide) groups is 1. The normalized spacial score (nSPS) is 26.3. The molecule has 1 fully saturated rings. The first-order chi connectivity index (χ1) is 9.02. The largest absolute Gasteiger partial charge is 0.390 e. The minimum atomic E-state index is -0.731. The van der Waals surface area contributed by atoms with E-state index in [0.29, 0.717) is 11.3 Å². The summed E-state index contributed by atoms with van der Waals surface area (Å²) in [6, 6.07) is 0. The zero-order valence-corrected chi connectivity index (χ0v) is 11.0. The van der Waals surface area contributed by atoms with E-state index in [2.05, 4.69) is 4.98 Å². The van der Waals surface area contributed by atoms with E-state index in [1.807, 2.05) is 5.40 Å². The molecule has 2 heterocycles. The minimum absolute atomic E-state index is 0.252. The maximum Gasteiger partial charge on any atom is 0.330 e. The van der Waals surface area contributed by atoms with Gasteiger partial charge in [-0.15, -0.1) is 0 Å². The molecule has 3 unspecified atom stereocenters. The molecule has 0 radical (unpaired) electrons. The predicted octanol–water partition coefficient (Wildman–Crippen LogP) is -0.292. The van der Waals surface area contributed by atoms with E-state index in [0.717, 1.165) is 11.8 Å². The van der Waals surface area contributed by atoms with Gasteiger partial charge in [-0.1, -0.05) is 0 Å². The molecule has 102 valence electrons. The van der Waals surface area contributed by atoms with Crippen molar-refractivity contribution in [2.45, 2.75) is 31.8 Å². The van der Waals surface area contributed by atoms with Gasteiger partial charge in [-0.3, -0.25) is 14.3 Å². The van der Waals surface area contributed by atoms with Crippen LogP contribution in [0.15, 0.2) is 15.8 Å². The Balaban J connectivity index is 2.21. The first-order valence-electron chi connectivity index (χ1n) is 5.69. The van der Waals surface area contributed by atoms with Crippen molar-refractivity contribution in [3.8, 4) is 5.40 Å². The number of aromatic nitrogens is 2. The highest BCUT2D eigenvalue weighted by Gasteiger charge is 2.35. The first kappa shape index (κ1) is 13.9. The van der Waals surface area contributed by atoms with Crippen LogP contribution in [0.2, 0.25) is 0 Å². The standard InChI is InChI=1S/C11H13N3O4S/c1-6-3-14(11(17)13-10(6)16)9-2-7(15)8(18-9)4-19-5-12/h3,7-9,15H,2,4H2,1H3,(H,13,16,17). The number of rotatable bonds is 3. The van der Waals surface area contributed by atoms with E-state index in [1.165, 1.54) is 10.8 Å². The summed E-state index contributed by atoms with van der Waals surface area (Å²) in [6.07, 6.45) is -0.179. The number of nitriles is 1. The average Bonchev–Trinajstić information content (AvgIpc) is 2.72. The molecule has 0 amide bonds. The van der Waals surface area contributed by atoms with E-state index in [-0.39, 0.29) is 6.42 Å². The molecule has 0 bridgehead atoms. The smallest absolute Gasteiger partial charge is 0.330 e. The molecule has 0 spiro atoms. The molecule has 0 saturated carbocycles. The maximum atomic E-state index is 11.7. The Labute approximate surface area is 112 Å². The molecule has 1 aromatic heterocycles. The van der Waals surface area contributed by atoms with Crippen LogP contribution in [0.25, 0.3) is 0 Å². The van der Waals surface area contributed by atoms with Crippen LogP contribution in [0.3, 0.4) is 0 Å². The quantitative estimate of drug-likeness (QED) is 0.738. The van der Waals surface area contributed by atoms with Crippen LogP contribution in [0, 0.1) is 17.6 Å². The molecule has 3 atom stereocenters. The number of aliphatic hydroxyl groups is 1. The van der Waals surface area contributed by atoms with Crippen molar-refractivity contribution < 1.29 is 9.84 Å². The lowest BCUT2D eigenvalue weighted by molar-refractivity contribution is -0.00757.